The van der Waals surface area contributed by atoms with E-state index >= 15 is 0 Å². The number of carbonyl (C=O) groups excluding carboxylic acids is 2. The summed E-state index contributed by atoms with van der Waals surface area (Å²) in [4.78, 5) is 23.3. The number of nitrogens with zero attached hydrogens (tertiary/aromatic N) is 3. The molecular weight excluding hydrogens is 382 g/mol. The molecule has 0 bridgehead atoms. The van der Waals surface area contributed by atoms with Crippen LogP contribution in [0.1, 0.15) is 21.7 Å². The molecule has 0 aliphatic heterocycles. The second kappa shape index (κ2) is 8.53. The molecule has 0 aliphatic carbocycles. The molecule has 3 N–H and O–H groups in total. The summed E-state index contributed by atoms with van der Waals surface area (Å²) in [6.07, 6.45) is 0. The normalized spacial score (nSPS) is 10.5. The number of nitrogens with two attached hydrogens (primary N) is 1. The summed E-state index contributed by atoms with van der Waals surface area (Å²) in [5.74, 6) is -0.417. The molecule has 0 spiro atoms. The molecule has 0 saturated carbocycles. The summed E-state index contributed by atoms with van der Waals surface area (Å²) in [5.41, 5.74) is 7.40. The Hall–Kier alpha value is -3.39. The van der Waals surface area contributed by atoms with Crippen LogP contribution in [0.5, 0.6) is 5.75 Å². The molecule has 3 rings (SSSR count). The summed E-state index contributed by atoms with van der Waals surface area (Å²) < 4.78 is 6.81. The molecule has 28 heavy (non-hydrogen) atoms. The number of benzene rings is 2. The van der Waals surface area contributed by atoms with Crippen molar-refractivity contribution >= 4 is 23.4 Å². The SMILES string of the molecule is Cc1c(C(=O)NCc2cccc(OCC(N)=O)c2)nnn1-c1cccc(Cl)c1. The molecular formula is C19H18ClN5O3. The Morgan fingerprint density at radius 1 is 1.21 bits per heavy atom. The summed E-state index contributed by atoms with van der Waals surface area (Å²) in [6, 6.07) is 14.1. The van der Waals surface area contributed by atoms with E-state index in [0.29, 0.717) is 16.5 Å². The van der Waals surface area contributed by atoms with Gasteiger partial charge in [-0.15, -0.1) is 5.10 Å². The summed E-state index contributed by atoms with van der Waals surface area (Å²) in [5, 5.41) is 11.4. The van der Waals surface area contributed by atoms with Gasteiger partial charge in [0, 0.05) is 11.6 Å². The smallest absolute Gasteiger partial charge is 0.274 e. The predicted molar refractivity (Wildman–Crippen MR) is 103 cm³/mol. The highest BCUT2D eigenvalue weighted by Gasteiger charge is 2.17. The Morgan fingerprint density at radius 3 is 2.75 bits per heavy atom. The zero-order valence-electron chi connectivity index (χ0n) is 15.1. The van der Waals surface area contributed by atoms with Crippen LogP contribution in [0, 0.1) is 6.92 Å². The molecule has 144 valence electrons. The fourth-order valence-electron chi connectivity index (χ4n) is 2.56. The van der Waals surface area contributed by atoms with Crippen LogP contribution in [0.3, 0.4) is 0 Å². The Morgan fingerprint density at radius 2 is 2.00 bits per heavy atom. The fraction of sp³-hybridized carbons (Fsp3) is 0.158. The predicted octanol–water partition coefficient (Wildman–Crippen LogP) is 2.02. The Bertz CT molecular complexity index is 1020. The molecule has 0 unspecified atom stereocenters. The largest absolute Gasteiger partial charge is 0.484 e. The van der Waals surface area contributed by atoms with Crippen molar-refractivity contribution in [1.29, 1.82) is 0 Å². The number of hydrogen-bond donors (Lipinski definition) is 2. The zero-order valence-corrected chi connectivity index (χ0v) is 15.8. The van der Waals surface area contributed by atoms with Gasteiger partial charge in [-0.05, 0) is 42.8 Å². The lowest BCUT2D eigenvalue weighted by Crippen LogP contribution is -2.24. The van der Waals surface area contributed by atoms with Gasteiger partial charge in [-0.2, -0.15) is 0 Å². The maximum Gasteiger partial charge on any atom is 0.274 e. The first-order valence-electron chi connectivity index (χ1n) is 8.40. The van der Waals surface area contributed by atoms with E-state index in [-0.39, 0.29) is 24.8 Å². The highest BCUT2D eigenvalue weighted by Crippen LogP contribution is 2.17. The van der Waals surface area contributed by atoms with Gasteiger partial charge in [-0.25, -0.2) is 4.68 Å². The first-order valence-corrected chi connectivity index (χ1v) is 8.78. The van der Waals surface area contributed by atoms with E-state index < -0.39 is 5.91 Å². The van der Waals surface area contributed by atoms with Crippen LogP contribution in [0.25, 0.3) is 5.69 Å². The highest BCUT2D eigenvalue weighted by atomic mass is 35.5. The minimum atomic E-state index is -0.558. The number of amides is 2. The van der Waals surface area contributed by atoms with Gasteiger partial charge in [0.25, 0.3) is 11.8 Å². The Kier molecular flexibility index (Phi) is 5.90. The average molecular weight is 400 g/mol. The van der Waals surface area contributed by atoms with Gasteiger partial charge >= 0.3 is 0 Å². The lowest BCUT2D eigenvalue weighted by Gasteiger charge is -2.08. The van der Waals surface area contributed by atoms with Crippen LogP contribution in [0.15, 0.2) is 48.5 Å². The third-order valence-electron chi connectivity index (χ3n) is 3.90. The maximum atomic E-state index is 12.5. The van der Waals surface area contributed by atoms with E-state index in [1.807, 2.05) is 12.1 Å². The van der Waals surface area contributed by atoms with Crippen molar-refractivity contribution in [3.05, 3.63) is 70.5 Å². The third-order valence-corrected chi connectivity index (χ3v) is 4.13. The van der Waals surface area contributed by atoms with Crippen LogP contribution in [-0.4, -0.2) is 33.4 Å². The number of carbonyl (C=O) groups is 2. The average Bonchev–Trinajstić information content (AvgIpc) is 3.06. The molecule has 8 nitrogen and oxygen atoms in total. The third kappa shape index (κ3) is 4.66. The van der Waals surface area contributed by atoms with Gasteiger partial charge in [0.05, 0.1) is 11.4 Å². The number of aromatic nitrogens is 3. The quantitative estimate of drug-likeness (QED) is 0.631. The minimum Gasteiger partial charge on any atom is -0.484 e. The Labute approximate surface area is 166 Å². The van der Waals surface area contributed by atoms with Crippen LogP contribution in [0.2, 0.25) is 5.02 Å². The summed E-state index contributed by atoms with van der Waals surface area (Å²) in [6.45, 7) is 1.81. The van der Waals surface area contributed by atoms with Crippen molar-refractivity contribution in [1.82, 2.24) is 20.3 Å². The van der Waals surface area contributed by atoms with E-state index in [0.717, 1.165) is 11.3 Å². The number of ether oxygens (including phenoxy) is 1. The van der Waals surface area contributed by atoms with Crippen LogP contribution in [-0.2, 0) is 11.3 Å². The molecule has 2 amide bonds. The van der Waals surface area contributed by atoms with E-state index in [4.69, 9.17) is 22.1 Å². The molecule has 1 heterocycles. The van der Waals surface area contributed by atoms with E-state index in [2.05, 4.69) is 15.6 Å². The summed E-state index contributed by atoms with van der Waals surface area (Å²) >= 11 is 6.01. The number of primary amides is 1. The maximum absolute atomic E-state index is 12.5. The van der Waals surface area contributed by atoms with Gasteiger partial charge in [-0.1, -0.05) is 35.0 Å². The first-order chi connectivity index (χ1) is 13.4. The topological polar surface area (TPSA) is 112 Å². The second-order valence-electron chi connectivity index (χ2n) is 6.00. The molecule has 0 atom stereocenters. The molecule has 0 fully saturated rings. The zero-order chi connectivity index (χ0) is 20.1. The fourth-order valence-corrected chi connectivity index (χ4v) is 2.74. The van der Waals surface area contributed by atoms with Gasteiger partial charge in [0.15, 0.2) is 12.3 Å². The lowest BCUT2D eigenvalue weighted by atomic mass is 10.2. The van der Waals surface area contributed by atoms with Gasteiger partial charge < -0.3 is 15.8 Å². The molecule has 0 aliphatic rings. The monoisotopic (exact) mass is 399 g/mol. The van der Waals surface area contributed by atoms with Gasteiger partial charge in [-0.3, -0.25) is 9.59 Å². The van der Waals surface area contributed by atoms with Crippen molar-refractivity contribution < 1.29 is 14.3 Å². The van der Waals surface area contributed by atoms with Crippen molar-refractivity contribution in [3.63, 3.8) is 0 Å². The highest BCUT2D eigenvalue weighted by molar-refractivity contribution is 6.30. The van der Waals surface area contributed by atoms with E-state index in [9.17, 15) is 9.59 Å². The van der Waals surface area contributed by atoms with Gasteiger partial charge in [0.2, 0.25) is 0 Å². The number of halogens is 1. The minimum absolute atomic E-state index is 0.207. The van der Waals surface area contributed by atoms with Crippen molar-refractivity contribution in [2.45, 2.75) is 13.5 Å². The molecule has 0 saturated heterocycles. The molecule has 9 heteroatoms. The Balaban J connectivity index is 1.67. The lowest BCUT2D eigenvalue weighted by molar-refractivity contribution is -0.119. The first kappa shape index (κ1) is 19.4. The second-order valence-corrected chi connectivity index (χ2v) is 6.44. The molecule has 3 aromatic rings. The number of rotatable bonds is 7. The van der Waals surface area contributed by atoms with Crippen LogP contribution < -0.4 is 15.8 Å². The number of hydrogen-bond acceptors (Lipinski definition) is 5. The number of nitrogens with one attached hydrogen (secondary N) is 1. The molecule has 2 aromatic carbocycles. The molecule has 0 radical (unpaired) electrons. The van der Waals surface area contributed by atoms with E-state index in [1.165, 1.54) is 0 Å². The van der Waals surface area contributed by atoms with Crippen LogP contribution in [0.4, 0.5) is 0 Å². The van der Waals surface area contributed by atoms with Crippen molar-refractivity contribution in [2.24, 2.45) is 5.73 Å². The molecule has 1 aromatic heterocycles. The standard InChI is InChI=1S/C19H18ClN5O3/c1-12-18(23-24-25(12)15-6-3-5-14(20)9-15)19(27)22-10-13-4-2-7-16(8-13)28-11-17(21)26/h2-9H,10-11H2,1H3,(H2,21,26)(H,22,27). The summed E-state index contributed by atoms with van der Waals surface area (Å²) in [7, 11) is 0. The van der Waals surface area contributed by atoms with Crippen LogP contribution >= 0.6 is 11.6 Å². The van der Waals surface area contributed by atoms with Crippen molar-refractivity contribution in [2.75, 3.05) is 6.61 Å². The van der Waals surface area contributed by atoms with Crippen molar-refractivity contribution in [3.8, 4) is 11.4 Å². The van der Waals surface area contributed by atoms with E-state index in [1.54, 1.807) is 48.0 Å². The van der Waals surface area contributed by atoms with Gasteiger partial charge in [0.1, 0.15) is 5.75 Å².